The number of aryl methyl sites for hydroxylation is 1. The number of hydrogen-bond donors (Lipinski definition) is 2. The molecular formula is C15H18N4O3. The summed E-state index contributed by atoms with van der Waals surface area (Å²) in [6.07, 6.45) is 0. The van der Waals surface area contributed by atoms with Crippen molar-refractivity contribution in [1.82, 2.24) is 20.8 Å². The van der Waals surface area contributed by atoms with Crippen molar-refractivity contribution in [2.45, 2.75) is 13.5 Å². The second-order valence-corrected chi connectivity index (χ2v) is 5.25. The summed E-state index contributed by atoms with van der Waals surface area (Å²) in [6, 6.07) is 7.13. The second-order valence-electron chi connectivity index (χ2n) is 5.25. The number of nitrogens with zero attached hydrogens (tertiary/aromatic N) is 2. The van der Waals surface area contributed by atoms with Crippen molar-refractivity contribution in [2.75, 3.05) is 19.6 Å². The first-order valence-electron chi connectivity index (χ1n) is 7.22. The minimum atomic E-state index is -0.133. The molecule has 1 amide bonds. The van der Waals surface area contributed by atoms with Gasteiger partial charge >= 0.3 is 0 Å². The molecule has 1 aliphatic rings. The minimum absolute atomic E-state index is 0.133. The predicted molar refractivity (Wildman–Crippen MR) is 78.5 cm³/mol. The molecule has 0 atom stereocenters. The molecule has 0 radical (unpaired) electrons. The van der Waals surface area contributed by atoms with E-state index in [4.69, 9.17) is 9.26 Å². The maximum absolute atomic E-state index is 12.3. The van der Waals surface area contributed by atoms with Gasteiger partial charge < -0.3 is 19.9 Å². The molecule has 2 aromatic rings. The maximum atomic E-state index is 12.3. The van der Waals surface area contributed by atoms with E-state index in [0.717, 1.165) is 13.1 Å². The van der Waals surface area contributed by atoms with E-state index in [9.17, 15) is 4.79 Å². The van der Waals surface area contributed by atoms with Gasteiger partial charge in [-0.15, -0.1) is 0 Å². The van der Waals surface area contributed by atoms with Crippen molar-refractivity contribution in [3.63, 3.8) is 0 Å². The van der Waals surface area contributed by atoms with Crippen molar-refractivity contribution in [2.24, 2.45) is 5.92 Å². The zero-order valence-corrected chi connectivity index (χ0v) is 12.3. The Morgan fingerprint density at radius 2 is 2.27 bits per heavy atom. The molecular weight excluding hydrogens is 284 g/mol. The lowest BCUT2D eigenvalue weighted by Gasteiger charge is -2.27. The van der Waals surface area contributed by atoms with Gasteiger partial charge in [-0.1, -0.05) is 17.3 Å². The van der Waals surface area contributed by atoms with Gasteiger partial charge in [-0.05, 0) is 12.1 Å². The Kier molecular flexibility index (Phi) is 4.34. The Morgan fingerprint density at radius 3 is 2.95 bits per heavy atom. The van der Waals surface area contributed by atoms with E-state index in [1.807, 2.05) is 12.1 Å². The molecule has 2 N–H and O–H groups in total. The van der Waals surface area contributed by atoms with Gasteiger partial charge in [0.1, 0.15) is 5.75 Å². The molecule has 7 nitrogen and oxygen atoms in total. The molecule has 22 heavy (non-hydrogen) atoms. The molecule has 1 aromatic carbocycles. The van der Waals surface area contributed by atoms with Crippen molar-refractivity contribution < 1.29 is 14.1 Å². The Hall–Kier alpha value is -2.41. The van der Waals surface area contributed by atoms with Gasteiger partial charge in [0.2, 0.25) is 11.7 Å². The summed E-state index contributed by atoms with van der Waals surface area (Å²) in [5.74, 6) is 1.83. The number of aromatic nitrogens is 2. The van der Waals surface area contributed by atoms with Gasteiger partial charge in [-0.3, -0.25) is 4.79 Å². The fraction of sp³-hybridized carbons (Fsp3) is 0.400. The fourth-order valence-electron chi connectivity index (χ4n) is 2.15. The molecule has 1 saturated heterocycles. The highest BCUT2D eigenvalue weighted by atomic mass is 16.5. The molecule has 1 aromatic heterocycles. The number of para-hydroxylation sites is 1. The van der Waals surface area contributed by atoms with Crippen molar-refractivity contribution in [3.05, 3.63) is 41.5 Å². The summed E-state index contributed by atoms with van der Waals surface area (Å²) in [4.78, 5) is 16.3. The SMILES string of the molecule is Cc1nc(COc2ccccc2C(=O)NCC2CNC2)no1. The smallest absolute Gasteiger partial charge is 0.255 e. The van der Waals surface area contributed by atoms with Crippen LogP contribution in [0.4, 0.5) is 0 Å². The number of hydrogen-bond acceptors (Lipinski definition) is 6. The molecule has 116 valence electrons. The van der Waals surface area contributed by atoms with Crippen LogP contribution in [-0.4, -0.2) is 35.7 Å². The van der Waals surface area contributed by atoms with Crippen LogP contribution < -0.4 is 15.4 Å². The Morgan fingerprint density at radius 1 is 1.45 bits per heavy atom. The number of benzene rings is 1. The third-order valence-electron chi connectivity index (χ3n) is 3.48. The topological polar surface area (TPSA) is 89.3 Å². The van der Waals surface area contributed by atoms with E-state index in [-0.39, 0.29) is 12.5 Å². The van der Waals surface area contributed by atoms with Gasteiger partial charge in [0.25, 0.3) is 5.91 Å². The van der Waals surface area contributed by atoms with Crippen molar-refractivity contribution in [3.8, 4) is 5.75 Å². The quantitative estimate of drug-likeness (QED) is 0.824. The Balaban J connectivity index is 1.62. The van der Waals surface area contributed by atoms with Crippen LogP contribution in [0.3, 0.4) is 0 Å². The number of rotatable bonds is 6. The van der Waals surface area contributed by atoms with Crippen LogP contribution in [0.15, 0.2) is 28.8 Å². The van der Waals surface area contributed by atoms with E-state index < -0.39 is 0 Å². The summed E-state index contributed by atoms with van der Waals surface area (Å²) >= 11 is 0. The van der Waals surface area contributed by atoms with Crippen LogP contribution in [0.5, 0.6) is 5.75 Å². The number of nitrogens with one attached hydrogen (secondary N) is 2. The zero-order valence-electron chi connectivity index (χ0n) is 12.3. The highest BCUT2D eigenvalue weighted by molar-refractivity contribution is 5.96. The maximum Gasteiger partial charge on any atom is 0.255 e. The molecule has 0 spiro atoms. The third kappa shape index (κ3) is 3.43. The number of amides is 1. The molecule has 0 bridgehead atoms. The molecule has 0 aliphatic carbocycles. The van der Waals surface area contributed by atoms with Gasteiger partial charge in [-0.2, -0.15) is 4.98 Å². The Bertz CT molecular complexity index is 652. The van der Waals surface area contributed by atoms with Gasteiger partial charge in [0, 0.05) is 32.5 Å². The van der Waals surface area contributed by atoms with Gasteiger partial charge in [0.05, 0.1) is 5.56 Å². The Labute approximate surface area is 128 Å². The van der Waals surface area contributed by atoms with E-state index in [0.29, 0.717) is 35.5 Å². The van der Waals surface area contributed by atoms with E-state index in [1.165, 1.54) is 0 Å². The average molecular weight is 302 g/mol. The minimum Gasteiger partial charge on any atom is -0.485 e. The zero-order chi connectivity index (χ0) is 15.4. The van der Waals surface area contributed by atoms with Crippen LogP contribution in [-0.2, 0) is 6.61 Å². The lowest BCUT2D eigenvalue weighted by molar-refractivity contribution is 0.0937. The summed E-state index contributed by atoms with van der Waals surface area (Å²) in [6.45, 7) is 4.46. The molecule has 7 heteroatoms. The van der Waals surface area contributed by atoms with Crippen molar-refractivity contribution >= 4 is 5.91 Å². The number of carbonyl (C=O) groups excluding carboxylic acids is 1. The van der Waals surface area contributed by atoms with Crippen LogP contribution in [0.2, 0.25) is 0 Å². The van der Waals surface area contributed by atoms with E-state index in [2.05, 4.69) is 20.8 Å². The first-order chi connectivity index (χ1) is 10.7. The molecule has 2 heterocycles. The normalized spacial score (nSPS) is 14.4. The molecule has 0 saturated carbocycles. The monoisotopic (exact) mass is 302 g/mol. The molecule has 0 unspecified atom stereocenters. The van der Waals surface area contributed by atoms with Crippen LogP contribution >= 0.6 is 0 Å². The van der Waals surface area contributed by atoms with Crippen molar-refractivity contribution in [1.29, 1.82) is 0 Å². The number of carbonyl (C=O) groups is 1. The molecule has 1 fully saturated rings. The highest BCUT2D eigenvalue weighted by Gasteiger charge is 2.19. The second kappa shape index (κ2) is 6.57. The standard InChI is InChI=1S/C15H18N4O3/c1-10-18-14(19-22-10)9-21-13-5-3-2-4-12(13)15(20)17-8-11-6-16-7-11/h2-5,11,16H,6-9H2,1H3,(H,17,20). The van der Waals surface area contributed by atoms with E-state index in [1.54, 1.807) is 19.1 Å². The van der Waals surface area contributed by atoms with Crippen LogP contribution in [0, 0.1) is 12.8 Å². The first-order valence-corrected chi connectivity index (χ1v) is 7.22. The van der Waals surface area contributed by atoms with Crippen LogP contribution in [0.1, 0.15) is 22.1 Å². The summed E-state index contributed by atoms with van der Waals surface area (Å²) in [7, 11) is 0. The summed E-state index contributed by atoms with van der Waals surface area (Å²) in [5, 5.41) is 9.88. The fourth-order valence-corrected chi connectivity index (χ4v) is 2.15. The highest BCUT2D eigenvalue weighted by Crippen LogP contribution is 2.19. The number of ether oxygens (including phenoxy) is 1. The lowest BCUT2D eigenvalue weighted by Crippen LogP contribution is -2.48. The van der Waals surface area contributed by atoms with Gasteiger partial charge in [0.15, 0.2) is 6.61 Å². The van der Waals surface area contributed by atoms with Gasteiger partial charge in [-0.25, -0.2) is 0 Å². The largest absolute Gasteiger partial charge is 0.485 e. The van der Waals surface area contributed by atoms with Crippen LogP contribution in [0.25, 0.3) is 0 Å². The predicted octanol–water partition coefficient (Wildman–Crippen LogP) is 0.906. The summed E-state index contributed by atoms with van der Waals surface area (Å²) < 4.78 is 10.5. The molecule has 1 aliphatic heterocycles. The van der Waals surface area contributed by atoms with E-state index >= 15 is 0 Å². The first kappa shape index (κ1) is 14.5. The lowest BCUT2D eigenvalue weighted by atomic mass is 10.0. The summed E-state index contributed by atoms with van der Waals surface area (Å²) in [5.41, 5.74) is 0.509. The molecule has 3 rings (SSSR count). The third-order valence-corrected chi connectivity index (χ3v) is 3.48. The average Bonchev–Trinajstić information content (AvgIpc) is 2.89.